The molecule has 0 bridgehead atoms. The Balaban J connectivity index is 1.78. The second-order valence-electron chi connectivity index (χ2n) is 8.46. The van der Waals surface area contributed by atoms with E-state index in [1.807, 2.05) is 0 Å². The van der Waals surface area contributed by atoms with Crippen molar-refractivity contribution >= 4 is 29.5 Å². The molecule has 0 spiro atoms. The second kappa shape index (κ2) is 9.18. The molecule has 1 saturated carbocycles. The lowest BCUT2D eigenvalue weighted by atomic mass is 9.94. The SMILES string of the molecule is CCCC[C@@H]1NC[C@H](C(=O)C2(N3C[C@H](C(N)=O)NC(=O)[C@@H]3CN=C(N)N)CC2)NC1=O. The first-order valence-corrected chi connectivity index (χ1v) is 10.7. The maximum absolute atomic E-state index is 13.5. The number of hydrogen-bond acceptors (Lipinski definition) is 7. The molecule has 0 radical (unpaired) electrons. The van der Waals surface area contributed by atoms with Crippen molar-refractivity contribution in [2.45, 2.75) is 68.7 Å². The summed E-state index contributed by atoms with van der Waals surface area (Å²) in [6.45, 7) is 2.39. The van der Waals surface area contributed by atoms with Gasteiger partial charge in [-0.3, -0.25) is 29.1 Å². The predicted octanol–water partition coefficient (Wildman–Crippen LogP) is -3.34. The number of rotatable bonds is 9. The van der Waals surface area contributed by atoms with Crippen molar-refractivity contribution in [1.82, 2.24) is 20.9 Å². The number of aliphatic imine (C=N–C) groups is 1. The van der Waals surface area contributed by atoms with Crippen LogP contribution in [0.4, 0.5) is 0 Å². The standard InChI is InChI=1S/C19H32N8O4/c1-2-3-4-10-16(30)25-11(7-23-10)14(28)19(5-6-19)27-9-12(15(20)29)26-17(31)13(27)8-24-18(21)22/h10-13,23H,2-9H2,1H3,(H2,20,29)(H,25,30)(H,26,31)(H4,21,22,24)/t10-,11+,12+,13-/m0/s1. The van der Waals surface area contributed by atoms with Gasteiger partial charge in [0, 0.05) is 13.1 Å². The maximum Gasteiger partial charge on any atom is 0.241 e. The molecular formula is C19H32N8O4. The summed E-state index contributed by atoms with van der Waals surface area (Å²) in [6.07, 6.45) is 3.62. The van der Waals surface area contributed by atoms with E-state index in [1.54, 1.807) is 4.90 Å². The van der Waals surface area contributed by atoms with Gasteiger partial charge in [-0.15, -0.1) is 0 Å². The van der Waals surface area contributed by atoms with Gasteiger partial charge < -0.3 is 33.2 Å². The Morgan fingerprint density at radius 1 is 1.13 bits per heavy atom. The van der Waals surface area contributed by atoms with Gasteiger partial charge in [0.25, 0.3) is 0 Å². The van der Waals surface area contributed by atoms with Crippen LogP contribution in [-0.2, 0) is 19.2 Å². The Hall–Kier alpha value is -2.73. The number of Topliss-reactive ketones (excluding diaryl/α,β-unsaturated/α-hetero) is 1. The van der Waals surface area contributed by atoms with E-state index in [0.29, 0.717) is 25.8 Å². The van der Waals surface area contributed by atoms with Crippen molar-refractivity contribution in [2.24, 2.45) is 22.2 Å². The highest BCUT2D eigenvalue weighted by molar-refractivity contribution is 6.01. The molecule has 3 rings (SSSR count). The Kier molecular flexibility index (Phi) is 6.80. The monoisotopic (exact) mass is 436 g/mol. The van der Waals surface area contributed by atoms with Crippen molar-refractivity contribution in [3.63, 3.8) is 0 Å². The first kappa shape index (κ1) is 22.9. The van der Waals surface area contributed by atoms with Crippen LogP contribution >= 0.6 is 0 Å². The number of ketones is 1. The third-order valence-electron chi connectivity index (χ3n) is 6.26. The molecule has 2 aliphatic heterocycles. The average Bonchev–Trinajstić information content (AvgIpc) is 3.52. The normalized spacial score (nSPS) is 30.1. The summed E-state index contributed by atoms with van der Waals surface area (Å²) < 4.78 is 0. The lowest BCUT2D eigenvalue weighted by Gasteiger charge is -2.43. The van der Waals surface area contributed by atoms with E-state index >= 15 is 0 Å². The van der Waals surface area contributed by atoms with Crippen LogP contribution in [0.5, 0.6) is 0 Å². The molecule has 3 amide bonds. The molecular weight excluding hydrogens is 404 g/mol. The number of carbonyl (C=O) groups excluding carboxylic acids is 4. The summed E-state index contributed by atoms with van der Waals surface area (Å²) >= 11 is 0. The number of carbonyl (C=O) groups is 4. The number of nitrogens with one attached hydrogen (secondary N) is 3. The third-order valence-corrected chi connectivity index (χ3v) is 6.26. The number of piperazine rings is 2. The largest absolute Gasteiger partial charge is 0.370 e. The predicted molar refractivity (Wildman–Crippen MR) is 113 cm³/mol. The van der Waals surface area contributed by atoms with Crippen molar-refractivity contribution in [1.29, 1.82) is 0 Å². The van der Waals surface area contributed by atoms with Gasteiger partial charge in [0.15, 0.2) is 11.7 Å². The van der Waals surface area contributed by atoms with Crippen LogP contribution in [0.3, 0.4) is 0 Å². The van der Waals surface area contributed by atoms with Gasteiger partial charge in [0.05, 0.1) is 18.1 Å². The number of nitrogens with two attached hydrogens (primary N) is 3. The molecule has 172 valence electrons. The zero-order valence-corrected chi connectivity index (χ0v) is 17.7. The maximum atomic E-state index is 13.5. The Morgan fingerprint density at radius 3 is 2.35 bits per heavy atom. The molecule has 0 aromatic carbocycles. The van der Waals surface area contributed by atoms with E-state index in [9.17, 15) is 19.2 Å². The van der Waals surface area contributed by atoms with Crippen LogP contribution in [0, 0.1) is 0 Å². The minimum absolute atomic E-state index is 0.0525. The average molecular weight is 437 g/mol. The van der Waals surface area contributed by atoms with E-state index in [0.717, 1.165) is 12.8 Å². The van der Waals surface area contributed by atoms with E-state index in [1.165, 1.54) is 0 Å². The number of guanidine groups is 1. The molecule has 12 heteroatoms. The highest BCUT2D eigenvalue weighted by Gasteiger charge is 2.60. The molecule has 2 heterocycles. The molecule has 0 unspecified atom stereocenters. The Morgan fingerprint density at radius 2 is 1.81 bits per heavy atom. The van der Waals surface area contributed by atoms with Crippen molar-refractivity contribution in [2.75, 3.05) is 19.6 Å². The molecule has 9 N–H and O–H groups in total. The molecule has 2 saturated heterocycles. The zero-order valence-electron chi connectivity index (χ0n) is 17.7. The van der Waals surface area contributed by atoms with E-state index in [4.69, 9.17) is 17.2 Å². The van der Waals surface area contributed by atoms with Crippen LogP contribution in [0.2, 0.25) is 0 Å². The van der Waals surface area contributed by atoms with E-state index < -0.39 is 35.5 Å². The summed E-state index contributed by atoms with van der Waals surface area (Å²) in [6, 6.07) is -2.78. The molecule has 0 aromatic rings. The lowest BCUT2D eigenvalue weighted by Crippen LogP contribution is -2.70. The minimum atomic E-state index is -0.967. The minimum Gasteiger partial charge on any atom is -0.370 e. The van der Waals surface area contributed by atoms with Crippen molar-refractivity contribution < 1.29 is 19.2 Å². The van der Waals surface area contributed by atoms with Gasteiger partial charge in [-0.2, -0.15) is 0 Å². The van der Waals surface area contributed by atoms with Crippen LogP contribution in [-0.4, -0.2) is 83.7 Å². The first-order chi connectivity index (χ1) is 14.7. The molecule has 0 aromatic heterocycles. The van der Waals surface area contributed by atoms with Crippen LogP contribution in [0.1, 0.15) is 39.0 Å². The summed E-state index contributed by atoms with van der Waals surface area (Å²) in [5.41, 5.74) is 15.3. The molecule has 31 heavy (non-hydrogen) atoms. The summed E-state index contributed by atoms with van der Waals surface area (Å²) in [5, 5.41) is 8.57. The van der Waals surface area contributed by atoms with Gasteiger partial charge >= 0.3 is 0 Å². The molecule has 1 aliphatic carbocycles. The van der Waals surface area contributed by atoms with Crippen LogP contribution in [0.25, 0.3) is 0 Å². The fourth-order valence-corrected chi connectivity index (χ4v) is 4.38. The summed E-state index contributed by atoms with van der Waals surface area (Å²) in [4.78, 5) is 56.0. The van der Waals surface area contributed by atoms with Crippen LogP contribution in [0.15, 0.2) is 4.99 Å². The van der Waals surface area contributed by atoms with Crippen LogP contribution < -0.4 is 33.2 Å². The fourth-order valence-electron chi connectivity index (χ4n) is 4.38. The third kappa shape index (κ3) is 4.79. The Bertz CT molecular complexity index is 777. The number of amides is 3. The van der Waals surface area contributed by atoms with Gasteiger partial charge in [-0.25, -0.2) is 0 Å². The highest BCUT2D eigenvalue weighted by atomic mass is 16.2. The topological polar surface area (TPSA) is 198 Å². The lowest BCUT2D eigenvalue weighted by molar-refractivity contribution is -0.143. The zero-order chi connectivity index (χ0) is 22.8. The van der Waals surface area contributed by atoms with E-state index in [-0.39, 0.29) is 36.8 Å². The summed E-state index contributed by atoms with van der Waals surface area (Å²) in [7, 11) is 0. The molecule has 3 aliphatic rings. The van der Waals surface area contributed by atoms with Gasteiger partial charge in [0.2, 0.25) is 17.7 Å². The number of hydrogen-bond donors (Lipinski definition) is 6. The van der Waals surface area contributed by atoms with E-state index in [2.05, 4.69) is 27.9 Å². The van der Waals surface area contributed by atoms with Gasteiger partial charge in [0.1, 0.15) is 18.1 Å². The fraction of sp³-hybridized carbons (Fsp3) is 0.737. The quantitative estimate of drug-likeness (QED) is 0.159. The number of nitrogens with zero attached hydrogens (tertiary/aromatic N) is 2. The number of primary amides is 1. The van der Waals surface area contributed by atoms with Gasteiger partial charge in [-0.1, -0.05) is 19.8 Å². The molecule has 4 atom stereocenters. The Labute approximate surface area is 180 Å². The summed E-state index contributed by atoms with van der Waals surface area (Å²) in [5.74, 6) is -1.71. The van der Waals surface area contributed by atoms with Crippen molar-refractivity contribution in [3.8, 4) is 0 Å². The smallest absolute Gasteiger partial charge is 0.241 e. The first-order valence-electron chi connectivity index (χ1n) is 10.7. The molecule has 3 fully saturated rings. The van der Waals surface area contributed by atoms with Crippen molar-refractivity contribution in [3.05, 3.63) is 0 Å². The second-order valence-corrected chi connectivity index (χ2v) is 8.46. The molecule has 12 nitrogen and oxygen atoms in total. The number of unbranched alkanes of at least 4 members (excludes halogenated alkanes) is 1. The highest BCUT2D eigenvalue weighted by Crippen LogP contribution is 2.45. The van der Waals surface area contributed by atoms with Gasteiger partial charge in [-0.05, 0) is 19.3 Å².